The van der Waals surface area contributed by atoms with Crippen molar-refractivity contribution in [2.75, 3.05) is 13.2 Å². The highest BCUT2D eigenvalue weighted by atomic mass is 35.5. The van der Waals surface area contributed by atoms with Crippen LogP contribution >= 0.6 is 11.6 Å². The Hall–Kier alpha value is -2.93. The van der Waals surface area contributed by atoms with Crippen LogP contribution in [-0.2, 0) is 13.7 Å². The summed E-state index contributed by atoms with van der Waals surface area (Å²) in [6.45, 7) is 1.67. The number of aromatic nitrogens is 3. The molecule has 0 radical (unpaired) electrons. The fraction of sp³-hybridized carbons (Fsp3) is 0.333. The van der Waals surface area contributed by atoms with Gasteiger partial charge < -0.3 is 15.2 Å². The minimum atomic E-state index is -0.0147. The highest BCUT2D eigenvalue weighted by Crippen LogP contribution is 2.40. The lowest BCUT2D eigenvalue weighted by atomic mass is 9.99. The molecule has 0 aliphatic carbocycles. The number of benzene rings is 2. The van der Waals surface area contributed by atoms with E-state index in [2.05, 4.69) is 16.5 Å². The quantitative estimate of drug-likeness (QED) is 0.375. The monoisotopic (exact) mass is 476 g/mol. The number of aliphatic hydroxyl groups excluding tert-OH is 1. The molecule has 0 amide bonds. The molecule has 3 heterocycles. The second-order valence-corrected chi connectivity index (χ2v) is 9.30. The molecule has 1 aliphatic rings. The molecule has 0 unspecified atom stereocenters. The van der Waals surface area contributed by atoms with Crippen LogP contribution in [0.1, 0.15) is 31.2 Å². The number of piperidine rings is 1. The molecule has 2 N–H and O–H groups in total. The molecule has 2 aromatic carbocycles. The largest absolute Gasteiger partial charge is 0.492 e. The zero-order valence-corrected chi connectivity index (χ0v) is 20.1. The van der Waals surface area contributed by atoms with E-state index in [1.165, 1.54) is 19.3 Å². The van der Waals surface area contributed by atoms with Crippen molar-refractivity contribution in [3.05, 3.63) is 65.6 Å². The molecule has 5 rings (SSSR count). The lowest BCUT2D eigenvalue weighted by Crippen LogP contribution is -2.35. The van der Waals surface area contributed by atoms with Gasteiger partial charge in [0.1, 0.15) is 5.75 Å². The molecule has 34 heavy (non-hydrogen) atoms. The first-order chi connectivity index (χ1) is 16.6. The molecular formula is C27H29ClN4O2. The number of pyridine rings is 1. The van der Waals surface area contributed by atoms with Crippen molar-refractivity contribution in [1.29, 1.82) is 0 Å². The molecule has 1 atom stereocenters. The first kappa shape index (κ1) is 22.8. The zero-order chi connectivity index (χ0) is 23.5. The average molecular weight is 477 g/mol. The number of hydrogen-bond donors (Lipinski definition) is 2. The van der Waals surface area contributed by atoms with Gasteiger partial charge in [-0.25, -0.2) is 0 Å². The third kappa shape index (κ3) is 4.80. The van der Waals surface area contributed by atoms with Gasteiger partial charge in [-0.3, -0.25) is 9.67 Å². The van der Waals surface area contributed by atoms with Crippen LogP contribution in [-0.4, -0.2) is 39.1 Å². The van der Waals surface area contributed by atoms with Crippen LogP contribution in [0.2, 0.25) is 5.02 Å². The topological polar surface area (TPSA) is 72.2 Å². The Labute approximate surface area is 204 Å². The van der Waals surface area contributed by atoms with Crippen molar-refractivity contribution in [2.24, 2.45) is 7.05 Å². The van der Waals surface area contributed by atoms with Crippen LogP contribution in [0.15, 0.2) is 55.0 Å². The van der Waals surface area contributed by atoms with E-state index in [0.29, 0.717) is 17.7 Å². The number of aryl methyl sites for hydroxylation is 1. The van der Waals surface area contributed by atoms with Crippen molar-refractivity contribution in [3.63, 3.8) is 0 Å². The number of fused-ring (bicyclic) bond motifs is 1. The van der Waals surface area contributed by atoms with Crippen molar-refractivity contribution in [1.82, 2.24) is 20.1 Å². The molecule has 0 saturated carbocycles. The van der Waals surface area contributed by atoms with E-state index < -0.39 is 0 Å². The lowest BCUT2D eigenvalue weighted by Gasteiger charge is -2.24. The highest BCUT2D eigenvalue weighted by Gasteiger charge is 2.18. The van der Waals surface area contributed by atoms with E-state index in [0.717, 1.165) is 57.4 Å². The standard InChI is InChI=1S/C27H29ClN4O2/c1-32-16-20(14-31-32)22-12-23-26(13-25(22)28)30-15-24(19-6-4-5-18(11-19)17-33)27(23)34-10-8-21-7-2-3-9-29-21/h4-6,11-16,21,29,33H,2-3,7-10,17H2,1H3/t21-/m1/s1. The summed E-state index contributed by atoms with van der Waals surface area (Å²) in [5, 5.41) is 19.1. The number of ether oxygens (including phenoxy) is 1. The number of aliphatic hydroxyl groups is 1. The Morgan fingerprint density at radius 2 is 2.06 bits per heavy atom. The van der Waals surface area contributed by atoms with Crippen LogP contribution in [0.3, 0.4) is 0 Å². The van der Waals surface area contributed by atoms with E-state index in [1.807, 2.05) is 56.0 Å². The van der Waals surface area contributed by atoms with Crippen LogP contribution in [0.5, 0.6) is 5.75 Å². The Balaban J connectivity index is 1.59. The van der Waals surface area contributed by atoms with Crippen molar-refractivity contribution < 1.29 is 9.84 Å². The van der Waals surface area contributed by atoms with Gasteiger partial charge in [0.15, 0.2) is 0 Å². The fourth-order valence-corrected chi connectivity index (χ4v) is 4.91. The number of rotatable bonds is 7. The van der Waals surface area contributed by atoms with Gasteiger partial charge in [-0.15, -0.1) is 0 Å². The second-order valence-electron chi connectivity index (χ2n) is 8.90. The molecule has 1 saturated heterocycles. The minimum Gasteiger partial charge on any atom is -0.492 e. The van der Waals surface area contributed by atoms with Crippen molar-refractivity contribution in [3.8, 4) is 28.0 Å². The third-order valence-corrected chi connectivity index (χ3v) is 6.78. The number of hydrogen-bond acceptors (Lipinski definition) is 5. The third-order valence-electron chi connectivity index (χ3n) is 6.47. The van der Waals surface area contributed by atoms with E-state index in [1.54, 1.807) is 4.68 Å². The SMILES string of the molecule is Cn1cc(-c2cc3c(OCC[C@H]4CCCCN4)c(-c4cccc(CO)c4)cnc3cc2Cl)cn1. The van der Waals surface area contributed by atoms with Crippen LogP contribution in [0.4, 0.5) is 0 Å². The molecule has 0 bridgehead atoms. The second kappa shape index (κ2) is 10.1. The predicted octanol–water partition coefficient (Wildman–Crippen LogP) is 5.36. The Kier molecular flexibility index (Phi) is 6.81. The normalized spacial score (nSPS) is 16.1. The van der Waals surface area contributed by atoms with Gasteiger partial charge in [0, 0.05) is 47.6 Å². The average Bonchev–Trinajstić information content (AvgIpc) is 3.30. The van der Waals surface area contributed by atoms with Gasteiger partial charge in [-0.2, -0.15) is 5.10 Å². The molecule has 176 valence electrons. The van der Waals surface area contributed by atoms with Crippen LogP contribution in [0, 0.1) is 0 Å². The number of halogens is 1. The van der Waals surface area contributed by atoms with Crippen molar-refractivity contribution in [2.45, 2.75) is 38.3 Å². The first-order valence-corrected chi connectivity index (χ1v) is 12.2. The maximum Gasteiger partial charge on any atom is 0.138 e. The van der Waals surface area contributed by atoms with E-state index in [9.17, 15) is 5.11 Å². The van der Waals surface area contributed by atoms with Gasteiger partial charge in [0.25, 0.3) is 0 Å². The predicted molar refractivity (Wildman–Crippen MR) is 136 cm³/mol. The van der Waals surface area contributed by atoms with Gasteiger partial charge in [-0.1, -0.05) is 36.2 Å². The van der Waals surface area contributed by atoms with Gasteiger partial charge in [-0.05, 0) is 55.1 Å². The maximum absolute atomic E-state index is 9.65. The summed E-state index contributed by atoms with van der Waals surface area (Å²) >= 11 is 6.65. The van der Waals surface area contributed by atoms with Gasteiger partial charge in [0.05, 0.1) is 29.9 Å². The summed E-state index contributed by atoms with van der Waals surface area (Å²) in [5.41, 5.74) is 5.33. The summed E-state index contributed by atoms with van der Waals surface area (Å²) in [6, 6.07) is 12.3. The van der Waals surface area contributed by atoms with Crippen LogP contribution < -0.4 is 10.1 Å². The zero-order valence-electron chi connectivity index (χ0n) is 19.3. The molecule has 0 spiro atoms. The number of nitrogens with one attached hydrogen (secondary N) is 1. The first-order valence-electron chi connectivity index (χ1n) is 11.8. The van der Waals surface area contributed by atoms with Gasteiger partial charge in [0.2, 0.25) is 0 Å². The molecule has 7 heteroatoms. The smallest absolute Gasteiger partial charge is 0.138 e. The summed E-state index contributed by atoms with van der Waals surface area (Å²) in [6.07, 6.45) is 10.2. The highest BCUT2D eigenvalue weighted by molar-refractivity contribution is 6.34. The summed E-state index contributed by atoms with van der Waals surface area (Å²) in [4.78, 5) is 4.71. The van der Waals surface area contributed by atoms with Crippen molar-refractivity contribution >= 4 is 22.5 Å². The molecular weight excluding hydrogens is 448 g/mol. The molecule has 1 fully saturated rings. The van der Waals surface area contributed by atoms with E-state index >= 15 is 0 Å². The number of nitrogens with zero attached hydrogens (tertiary/aromatic N) is 3. The van der Waals surface area contributed by atoms with E-state index in [-0.39, 0.29) is 6.61 Å². The summed E-state index contributed by atoms with van der Waals surface area (Å²) in [7, 11) is 1.89. The lowest BCUT2D eigenvalue weighted by molar-refractivity contribution is 0.271. The summed E-state index contributed by atoms with van der Waals surface area (Å²) in [5.74, 6) is 0.790. The Morgan fingerprint density at radius 1 is 1.15 bits per heavy atom. The molecule has 2 aromatic heterocycles. The van der Waals surface area contributed by atoms with Crippen LogP contribution in [0.25, 0.3) is 33.2 Å². The minimum absolute atomic E-state index is 0.0147. The molecule has 4 aromatic rings. The Bertz CT molecular complexity index is 1300. The van der Waals surface area contributed by atoms with Gasteiger partial charge >= 0.3 is 0 Å². The fourth-order valence-electron chi connectivity index (χ4n) is 4.64. The molecule has 1 aliphatic heterocycles. The maximum atomic E-state index is 9.65. The summed E-state index contributed by atoms with van der Waals surface area (Å²) < 4.78 is 8.27. The van der Waals surface area contributed by atoms with E-state index in [4.69, 9.17) is 21.3 Å². The Morgan fingerprint density at radius 3 is 2.82 bits per heavy atom. The molecule has 6 nitrogen and oxygen atoms in total.